The molecule has 3 fully saturated rings. The normalized spacial score (nSPS) is 35.1. The summed E-state index contributed by atoms with van der Waals surface area (Å²) in [7, 11) is 0. The van der Waals surface area contributed by atoms with Crippen LogP contribution in [0.25, 0.3) is 0 Å². The molecule has 0 saturated heterocycles. The SMILES string of the molecule is C=CCCC1CCC2CC(C3CCC(c4cc(F)c(F)c(F)c4)CC3)CCC2C1. The summed E-state index contributed by atoms with van der Waals surface area (Å²) in [5, 5.41) is 0. The van der Waals surface area contributed by atoms with Gasteiger partial charge in [0.1, 0.15) is 0 Å². The van der Waals surface area contributed by atoms with E-state index in [1.165, 1.54) is 57.1 Å². The third kappa shape index (κ3) is 4.75. The first-order valence-corrected chi connectivity index (χ1v) is 11.8. The first-order valence-electron chi connectivity index (χ1n) is 11.8. The molecule has 3 heteroatoms. The fourth-order valence-electron chi connectivity index (χ4n) is 6.80. The summed E-state index contributed by atoms with van der Waals surface area (Å²) in [6.45, 7) is 3.87. The predicted octanol–water partition coefficient (Wildman–Crippen LogP) is 8.18. The lowest BCUT2D eigenvalue weighted by Gasteiger charge is -2.45. The van der Waals surface area contributed by atoms with Crippen LogP contribution in [0.1, 0.15) is 88.5 Å². The highest BCUT2D eigenvalue weighted by Crippen LogP contribution is 2.50. The van der Waals surface area contributed by atoms with Gasteiger partial charge < -0.3 is 0 Å². The third-order valence-electron chi connectivity index (χ3n) is 8.46. The molecule has 0 heterocycles. The Morgan fingerprint density at radius 1 is 0.759 bits per heavy atom. The van der Waals surface area contributed by atoms with Crippen molar-refractivity contribution in [1.29, 1.82) is 0 Å². The monoisotopic (exact) mass is 404 g/mol. The molecule has 0 amide bonds. The molecule has 1 aromatic rings. The molecule has 4 unspecified atom stereocenters. The summed E-state index contributed by atoms with van der Waals surface area (Å²) >= 11 is 0. The molecule has 29 heavy (non-hydrogen) atoms. The second kappa shape index (κ2) is 9.27. The standard InChI is InChI=1S/C26H35F3/c1-2-3-4-17-5-6-22-14-21(12-11-20(22)13-17)18-7-9-19(10-8-18)23-15-24(27)26(29)25(28)16-23/h2,15-22H,1,3-14H2. The van der Waals surface area contributed by atoms with Crippen molar-refractivity contribution in [3.63, 3.8) is 0 Å². The number of rotatable bonds is 5. The number of fused-ring (bicyclic) bond motifs is 1. The molecule has 160 valence electrons. The molecule has 0 bridgehead atoms. The Morgan fingerprint density at radius 2 is 1.31 bits per heavy atom. The number of halogens is 3. The van der Waals surface area contributed by atoms with Gasteiger partial charge in [-0.05, 0) is 124 Å². The summed E-state index contributed by atoms with van der Waals surface area (Å²) in [6.07, 6.45) is 17.2. The van der Waals surface area contributed by atoms with Gasteiger partial charge in [0.25, 0.3) is 0 Å². The number of hydrogen-bond donors (Lipinski definition) is 0. The maximum atomic E-state index is 13.6. The zero-order chi connectivity index (χ0) is 20.4. The minimum absolute atomic E-state index is 0.174. The van der Waals surface area contributed by atoms with Crippen LogP contribution in [0.15, 0.2) is 24.8 Å². The molecule has 0 aliphatic heterocycles. The van der Waals surface area contributed by atoms with Crippen molar-refractivity contribution in [2.45, 2.75) is 83.0 Å². The van der Waals surface area contributed by atoms with Gasteiger partial charge in [-0.1, -0.05) is 12.5 Å². The van der Waals surface area contributed by atoms with E-state index >= 15 is 0 Å². The van der Waals surface area contributed by atoms with Gasteiger partial charge in [0, 0.05) is 0 Å². The van der Waals surface area contributed by atoms with Gasteiger partial charge >= 0.3 is 0 Å². The van der Waals surface area contributed by atoms with E-state index in [2.05, 4.69) is 12.7 Å². The van der Waals surface area contributed by atoms with Crippen LogP contribution in [0.4, 0.5) is 13.2 Å². The van der Waals surface area contributed by atoms with Crippen LogP contribution < -0.4 is 0 Å². The first-order chi connectivity index (χ1) is 14.0. The quantitative estimate of drug-likeness (QED) is 0.343. The van der Waals surface area contributed by atoms with E-state index < -0.39 is 17.5 Å². The zero-order valence-corrected chi connectivity index (χ0v) is 17.5. The van der Waals surface area contributed by atoms with Gasteiger partial charge in [0.05, 0.1) is 0 Å². The first kappa shape index (κ1) is 21.0. The van der Waals surface area contributed by atoms with Crippen LogP contribution in [0.2, 0.25) is 0 Å². The Morgan fingerprint density at radius 3 is 1.97 bits per heavy atom. The Hall–Kier alpha value is -1.25. The largest absolute Gasteiger partial charge is 0.204 e. The van der Waals surface area contributed by atoms with E-state index in [4.69, 9.17) is 0 Å². The van der Waals surface area contributed by atoms with Crippen molar-refractivity contribution >= 4 is 0 Å². The highest BCUT2D eigenvalue weighted by molar-refractivity contribution is 5.23. The van der Waals surface area contributed by atoms with Crippen LogP contribution in [0.3, 0.4) is 0 Å². The summed E-state index contributed by atoms with van der Waals surface area (Å²) in [5.41, 5.74) is 0.640. The predicted molar refractivity (Wildman–Crippen MR) is 112 cm³/mol. The van der Waals surface area contributed by atoms with Crippen LogP contribution in [0.5, 0.6) is 0 Å². The van der Waals surface area contributed by atoms with Gasteiger partial charge in [0.15, 0.2) is 17.5 Å². The summed E-state index contributed by atoms with van der Waals surface area (Å²) < 4.78 is 40.4. The van der Waals surface area contributed by atoms with E-state index in [9.17, 15) is 13.2 Å². The van der Waals surface area contributed by atoms with E-state index in [0.717, 1.165) is 61.7 Å². The van der Waals surface area contributed by atoms with Crippen LogP contribution in [0, 0.1) is 47.0 Å². The second-order valence-electron chi connectivity index (χ2n) is 10.0. The van der Waals surface area contributed by atoms with E-state index in [0.29, 0.717) is 5.56 Å². The van der Waals surface area contributed by atoms with Crippen molar-refractivity contribution in [3.8, 4) is 0 Å². The van der Waals surface area contributed by atoms with E-state index in [1.54, 1.807) is 0 Å². The molecule has 3 aliphatic rings. The van der Waals surface area contributed by atoms with Crippen molar-refractivity contribution in [3.05, 3.63) is 47.8 Å². The molecule has 3 aliphatic carbocycles. The van der Waals surface area contributed by atoms with Gasteiger partial charge in [-0.25, -0.2) is 13.2 Å². The molecule has 4 rings (SSSR count). The number of benzene rings is 1. The topological polar surface area (TPSA) is 0 Å². The maximum absolute atomic E-state index is 13.6. The highest BCUT2D eigenvalue weighted by Gasteiger charge is 2.38. The molecule has 0 nitrogen and oxygen atoms in total. The molecular formula is C26H35F3. The average molecular weight is 405 g/mol. The van der Waals surface area contributed by atoms with Gasteiger partial charge in [-0.15, -0.1) is 6.58 Å². The Kier molecular flexibility index (Phi) is 6.71. The Balaban J connectivity index is 1.28. The van der Waals surface area contributed by atoms with Crippen LogP contribution >= 0.6 is 0 Å². The lowest BCUT2D eigenvalue weighted by Crippen LogP contribution is -2.34. The fraction of sp³-hybridized carbons (Fsp3) is 0.692. The summed E-state index contributed by atoms with van der Waals surface area (Å²) in [5.74, 6) is 1.10. The molecule has 1 aromatic carbocycles. The van der Waals surface area contributed by atoms with E-state index in [-0.39, 0.29) is 5.92 Å². The lowest BCUT2D eigenvalue weighted by molar-refractivity contribution is 0.0621. The van der Waals surface area contributed by atoms with Gasteiger partial charge in [-0.3, -0.25) is 0 Å². The van der Waals surface area contributed by atoms with E-state index in [1.807, 2.05) is 0 Å². The summed E-state index contributed by atoms with van der Waals surface area (Å²) in [6, 6.07) is 2.42. The Labute approximate surface area is 174 Å². The fourth-order valence-corrected chi connectivity index (χ4v) is 6.80. The zero-order valence-electron chi connectivity index (χ0n) is 17.5. The van der Waals surface area contributed by atoms with Crippen molar-refractivity contribution < 1.29 is 13.2 Å². The molecule has 3 saturated carbocycles. The smallest absolute Gasteiger partial charge is 0.194 e. The number of hydrogen-bond acceptors (Lipinski definition) is 0. The molecule has 0 spiro atoms. The molecule has 0 radical (unpaired) electrons. The van der Waals surface area contributed by atoms with Crippen molar-refractivity contribution in [2.75, 3.05) is 0 Å². The lowest BCUT2D eigenvalue weighted by atomic mass is 9.60. The van der Waals surface area contributed by atoms with Crippen molar-refractivity contribution in [2.24, 2.45) is 29.6 Å². The summed E-state index contributed by atoms with van der Waals surface area (Å²) in [4.78, 5) is 0. The molecular weight excluding hydrogens is 369 g/mol. The molecule has 4 atom stereocenters. The third-order valence-corrected chi connectivity index (χ3v) is 8.46. The Bertz CT molecular complexity index is 681. The molecule has 0 aromatic heterocycles. The minimum atomic E-state index is -1.35. The second-order valence-corrected chi connectivity index (χ2v) is 10.0. The van der Waals surface area contributed by atoms with Crippen LogP contribution in [-0.2, 0) is 0 Å². The molecule has 0 N–H and O–H groups in total. The van der Waals surface area contributed by atoms with Gasteiger partial charge in [-0.2, -0.15) is 0 Å². The highest BCUT2D eigenvalue weighted by atomic mass is 19.2. The number of allylic oxidation sites excluding steroid dienone is 1. The van der Waals surface area contributed by atoms with Crippen molar-refractivity contribution in [1.82, 2.24) is 0 Å². The minimum Gasteiger partial charge on any atom is -0.204 e. The van der Waals surface area contributed by atoms with Crippen LogP contribution in [-0.4, -0.2) is 0 Å². The maximum Gasteiger partial charge on any atom is 0.194 e. The van der Waals surface area contributed by atoms with Gasteiger partial charge in [0.2, 0.25) is 0 Å². The average Bonchev–Trinajstić information content (AvgIpc) is 2.75.